The number of benzene rings is 2. The Kier molecular flexibility index (Phi) is 9.03. The van der Waals surface area contributed by atoms with Crippen LogP contribution in [0.1, 0.15) is 15.9 Å². The van der Waals surface area contributed by atoms with Crippen LogP contribution in [0, 0.1) is 0 Å². The van der Waals surface area contributed by atoms with Crippen molar-refractivity contribution in [3.63, 3.8) is 0 Å². The van der Waals surface area contributed by atoms with Crippen molar-refractivity contribution in [2.75, 3.05) is 12.9 Å². The van der Waals surface area contributed by atoms with Crippen LogP contribution in [0.3, 0.4) is 0 Å². The molecule has 0 saturated heterocycles. The Balaban J connectivity index is 0.00000341. The van der Waals surface area contributed by atoms with Crippen LogP contribution in [0.5, 0.6) is 5.75 Å². The van der Waals surface area contributed by atoms with E-state index in [4.69, 9.17) is 13.7 Å². The molecule has 0 N–H and O–H groups in total. The summed E-state index contributed by atoms with van der Waals surface area (Å²) in [5.74, 6) is 0.00479. The molecule has 0 aliphatic heterocycles. The van der Waals surface area contributed by atoms with Gasteiger partial charge in [0.2, 0.25) is 0 Å². The summed E-state index contributed by atoms with van der Waals surface area (Å²) < 4.78 is 40.4. The summed E-state index contributed by atoms with van der Waals surface area (Å²) in [5, 5.41) is 3.94. The van der Waals surface area contributed by atoms with Gasteiger partial charge in [0, 0.05) is 0 Å². The minimum atomic E-state index is -3.68. The molecule has 0 radical (unpaired) electrons. The molecule has 1 unspecified atom stereocenters. The molecule has 2 aromatic carbocycles. The molecule has 0 bridgehead atoms. The predicted molar refractivity (Wildman–Crippen MR) is 118 cm³/mol. The van der Waals surface area contributed by atoms with E-state index in [9.17, 15) is 13.2 Å². The molecule has 0 saturated carbocycles. The minimum Gasteiger partial charge on any atom is -0.491 e. The van der Waals surface area contributed by atoms with Crippen LogP contribution in [-0.4, -0.2) is 48.1 Å². The Morgan fingerprint density at radius 1 is 1.10 bits per heavy atom. The van der Waals surface area contributed by atoms with Crippen LogP contribution in [0.15, 0.2) is 67.3 Å². The third kappa shape index (κ3) is 8.40. The Labute approximate surface area is 187 Å². The smallest absolute Gasteiger partial charge is 0.338 e. The second kappa shape index (κ2) is 11.5. The predicted octanol–water partition coefficient (Wildman–Crippen LogP) is 2.17. The lowest BCUT2D eigenvalue weighted by Crippen LogP contribution is -2.29. The normalized spacial score (nSPS) is 11.9. The number of carbonyl (C=O) groups is 1. The highest BCUT2D eigenvalue weighted by atomic mass is 32.2. The Morgan fingerprint density at radius 2 is 1.81 bits per heavy atom. The molecule has 1 atom stereocenters. The monoisotopic (exact) mass is 465 g/mol. The van der Waals surface area contributed by atoms with Crippen molar-refractivity contribution in [1.82, 2.24) is 14.8 Å². The number of esters is 1. The van der Waals surface area contributed by atoms with Gasteiger partial charge in [0.05, 0.1) is 18.4 Å². The van der Waals surface area contributed by atoms with E-state index in [-0.39, 0.29) is 33.3 Å². The lowest BCUT2D eigenvalue weighted by Gasteiger charge is -2.17. The number of hydrogen-bond acceptors (Lipinski definition) is 8. The fourth-order valence-electron chi connectivity index (χ4n) is 2.58. The molecular formula is C20H23N3O6S2. The van der Waals surface area contributed by atoms with E-state index in [1.54, 1.807) is 24.3 Å². The molecule has 1 aromatic heterocycles. The zero-order valence-electron chi connectivity index (χ0n) is 16.7. The highest BCUT2D eigenvalue weighted by Crippen LogP contribution is 2.15. The molecule has 166 valence electrons. The zero-order valence-corrected chi connectivity index (χ0v) is 18.6. The Bertz CT molecular complexity index is 1040. The summed E-state index contributed by atoms with van der Waals surface area (Å²) in [6.45, 7) is 0.298. The lowest BCUT2D eigenvalue weighted by molar-refractivity contribution is 0.0472. The van der Waals surface area contributed by atoms with Crippen molar-refractivity contribution in [3.05, 3.63) is 78.4 Å². The second-order valence-corrected chi connectivity index (χ2v) is 8.04. The summed E-state index contributed by atoms with van der Waals surface area (Å²) in [6.07, 6.45) is 2.97. The maximum atomic E-state index is 12.2. The molecule has 0 spiro atoms. The molecule has 9 nitrogen and oxygen atoms in total. The quantitative estimate of drug-likeness (QED) is 0.331. The highest BCUT2D eigenvalue weighted by Gasteiger charge is 2.18. The summed E-state index contributed by atoms with van der Waals surface area (Å²) >= 11 is 0. The molecule has 1 heterocycles. The van der Waals surface area contributed by atoms with Crippen LogP contribution in [-0.2, 0) is 32.2 Å². The molecule has 3 rings (SSSR count). The van der Waals surface area contributed by atoms with Gasteiger partial charge in [-0.2, -0.15) is 27.0 Å². The Hall–Kier alpha value is -2.89. The van der Waals surface area contributed by atoms with Gasteiger partial charge in [-0.1, -0.05) is 30.3 Å². The fraction of sp³-hybridized carbons (Fsp3) is 0.250. The summed E-state index contributed by atoms with van der Waals surface area (Å²) in [4.78, 5) is 16.0. The van der Waals surface area contributed by atoms with Gasteiger partial charge in [-0.25, -0.2) is 9.78 Å². The summed E-state index contributed by atoms with van der Waals surface area (Å²) in [5.41, 5.74) is 1.28. The molecule has 31 heavy (non-hydrogen) atoms. The third-order valence-corrected chi connectivity index (χ3v) is 4.53. The van der Waals surface area contributed by atoms with E-state index < -0.39 is 22.2 Å². The minimum absolute atomic E-state index is 0. The van der Waals surface area contributed by atoms with Gasteiger partial charge in [0.25, 0.3) is 10.1 Å². The molecule has 0 amide bonds. The first-order valence-corrected chi connectivity index (χ1v) is 10.9. The number of ether oxygens (including phenoxy) is 2. The van der Waals surface area contributed by atoms with Gasteiger partial charge in [0.1, 0.15) is 37.7 Å². The summed E-state index contributed by atoms with van der Waals surface area (Å²) in [6, 6.07) is 15.7. The number of carbonyl (C=O) groups excluding carboxylic acids is 1. The van der Waals surface area contributed by atoms with Gasteiger partial charge < -0.3 is 9.47 Å². The first kappa shape index (κ1) is 24.4. The first-order valence-electron chi connectivity index (χ1n) is 9.03. The largest absolute Gasteiger partial charge is 0.491 e. The molecule has 0 fully saturated rings. The van der Waals surface area contributed by atoms with Crippen LogP contribution in [0.2, 0.25) is 0 Å². The zero-order chi connectivity index (χ0) is 21.4. The van der Waals surface area contributed by atoms with Crippen molar-refractivity contribution in [2.24, 2.45) is 0 Å². The standard InChI is InChI=1S/C20H21N3O6S.H2S/c1-30(25,26)29-19(11-23-15-21-14-22-23)13-27-18-9-7-17(8-10-18)20(24)28-12-16-5-3-2-4-6-16;/h2-10,14-15,19H,11-13H2,1H3;1H2. The van der Waals surface area contributed by atoms with Gasteiger partial charge in [-0.05, 0) is 29.8 Å². The number of rotatable bonds is 10. The first-order chi connectivity index (χ1) is 14.4. The van der Waals surface area contributed by atoms with Crippen LogP contribution >= 0.6 is 13.5 Å². The maximum absolute atomic E-state index is 12.2. The lowest BCUT2D eigenvalue weighted by atomic mass is 10.2. The van der Waals surface area contributed by atoms with Crippen LogP contribution < -0.4 is 4.74 Å². The average molecular weight is 466 g/mol. The van der Waals surface area contributed by atoms with Crippen LogP contribution in [0.4, 0.5) is 0 Å². The van der Waals surface area contributed by atoms with E-state index in [1.165, 1.54) is 17.3 Å². The summed E-state index contributed by atoms with van der Waals surface area (Å²) in [7, 11) is -3.68. The van der Waals surface area contributed by atoms with Crippen molar-refractivity contribution in [1.29, 1.82) is 0 Å². The average Bonchev–Trinajstić information content (AvgIpc) is 3.23. The SMILES string of the molecule is CS(=O)(=O)OC(COc1ccc(C(=O)OCc2ccccc2)cc1)Cn1cncn1.S. The molecule has 3 aromatic rings. The highest BCUT2D eigenvalue weighted by molar-refractivity contribution is 7.86. The van der Waals surface area contributed by atoms with Gasteiger partial charge >= 0.3 is 5.97 Å². The van der Waals surface area contributed by atoms with E-state index in [0.29, 0.717) is 11.3 Å². The Morgan fingerprint density at radius 3 is 2.42 bits per heavy atom. The van der Waals surface area contributed by atoms with Crippen molar-refractivity contribution < 1.29 is 26.9 Å². The number of hydrogen-bond donors (Lipinski definition) is 0. The number of nitrogens with zero attached hydrogens (tertiary/aromatic N) is 3. The van der Waals surface area contributed by atoms with E-state index in [1.807, 2.05) is 30.3 Å². The van der Waals surface area contributed by atoms with Crippen LogP contribution in [0.25, 0.3) is 0 Å². The van der Waals surface area contributed by atoms with Crippen molar-refractivity contribution >= 4 is 29.6 Å². The fourth-order valence-corrected chi connectivity index (χ4v) is 3.19. The van der Waals surface area contributed by atoms with Crippen molar-refractivity contribution in [3.8, 4) is 5.75 Å². The number of aromatic nitrogens is 3. The van der Waals surface area contributed by atoms with Gasteiger partial charge in [-0.15, -0.1) is 0 Å². The molecule has 11 heteroatoms. The van der Waals surface area contributed by atoms with E-state index in [2.05, 4.69) is 10.1 Å². The van der Waals surface area contributed by atoms with Gasteiger partial charge in [-0.3, -0.25) is 8.86 Å². The third-order valence-electron chi connectivity index (χ3n) is 3.91. The molecular weight excluding hydrogens is 442 g/mol. The van der Waals surface area contributed by atoms with Crippen molar-refractivity contribution in [2.45, 2.75) is 19.3 Å². The van der Waals surface area contributed by atoms with E-state index in [0.717, 1.165) is 11.8 Å². The molecule has 0 aliphatic carbocycles. The maximum Gasteiger partial charge on any atom is 0.338 e. The molecule has 0 aliphatic rings. The topological polar surface area (TPSA) is 110 Å². The second-order valence-electron chi connectivity index (χ2n) is 6.44. The van der Waals surface area contributed by atoms with E-state index >= 15 is 0 Å². The van der Waals surface area contributed by atoms with Gasteiger partial charge in [0.15, 0.2) is 0 Å².